The fraction of sp³-hybridized carbons (Fsp3) is 0.0833. The first-order chi connectivity index (χ1) is 37.3. The molecule has 2 aliphatic carbocycles. The first-order valence-electron chi connectivity index (χ1n) is 26.8. The van der Waals surface area contributed by atoms with E-state index in [0.29, 0.717) is 0 Å². The summed E-state index contributed by atoms with van der Waals surface area (Å²) in [5, 5.41) is 10.1. The molecule has 0 saturated carbocycles. The van der Waals surface area contributed by atoms with E-state index in [1.807, 2.05) is 0 Å². The lowest BCUT2D eigenvalue weighted by molar-refractivity contribution is 0.660. The minimum absolute atomic E-state index is 0.0704. The normalized spacial score (nSPS) is 14.3. The summed E-state index contributed by atoms with van der Waals surface area (Å²) in [6.45, 7) is 9.46. The Morgan fingerprint density at radius 1 is 0.276 bits per heavy atom. The number of para-hydroxylation sites is 4. The monoisotopic (exact) mass is 970 g/mol. The van der Waals surface area contributed by atoms with Gasteiger partial charge in [0.05, 0.1) is 44.5 Å². The zero-order chi connectivity index (χ0) is 50.3. The molecule has 4 heteroatoms. The molecule has 0 atom stereocenters. The Labute approximate surface area is 440 Å². The molecule has 0 amide bonds. The Morgan fingerprint density at radius 3 is 1.25 bits per heavy atom. The van der Waals surface area contributed by atoms with Gasteiger partial charge in [0.2, 0.25) is 0 Å². The van der Waals surface area contributed by atoms with Crippen molar-refractivity contribution in [3.05, 3.63) is 253 Å². The lowest BCUT2D eigenvalue weighted by Gasteiger charge is -2.28. The first-order valence-corrected chi connectivity index (χ1v) is 26.8. The molecule has 11 aromatic carbocycles. The summed E-state index contributed by atoms with van der Waals surface area (Å²) in [6.07, 6.45) is 0. The van der Waals surface area contributed by atoms with Crippen molar-refractivity contribution in [1.82, 2.24) is 8.80 Å². The summed E-state index contributed by atoms with van der Waals surface area (Å²) in [4.78, 5) is 4.97. The largest absolute Gasteiger partial charge is 0.310 e. The van der Waals surface area contributed by atoms with Gasteiger partial charge < -0.3 is 18.6 Å². The van der Waals surface area contributed by atoms with Gasteiger partial charge in [-0.25, -0.2) is 0 Å². The van der Waals surface area contributed by atoms with E-state index >= 15 is 0 Å². The van der Waals surface area contributed by atoms with E-state index in [1.165, 1.54) is 132 Å². The van der Waals surface area contributed by atoms with Crippen molar-refractivity contribution in [1.29, 1.82) is 0 Å². The van der Waals surface area contributed by atoms with Gasteiger partial charge in [-0.05, 0) is 129 Å². The maximum atomic E-state index is 2.56. The van der Waals surface area contributed by atoms with Crippen LogP contribution in [0, 0.1) is 0 Å². The van der Waals surface area contributed by atoms with Crippen molar-refractivity contribution in [2.75, 3.05) is 9.80 Å². The van der Waals surface area contributed by atoms with Crippen LogP contribution >= 0.6 is 0 Å². The summed E-state index contributed by atoms with van der Waals surface area (Å²) < 4.78 is 5.12. The van der Waals surface area contributed by atoms with Gasteiger partial charge in [0.15, 0.2) is 0 Å². The predicted molar refractivity (Wildman–Crippen MR) is 320 cm³/mol. The molecule has 4 nitrogen and oxygen atoms in total. The van der Waals surface area contributed by atoms with Crippen molar-refractivity contribution in [2.24, 2.45) is 0 Å². The topological polar surface area (TPSA) is 15.3 Å². The summed E-state index contributed by atoms with van der Waals surface area (Å²) in [7, 11) is 0. The Hall–Kier alpha value is -9.38. The maximum absolute atomic E-state index is 2.56. The van der Waals surface area contributed by atoms with Crippen LogP contribution in [-0.4, -0.2) is 8.80 Å². The van der Waals surface area contributed by atoms with Crippen molar-refractivity contribution in [3.8, 4) is 22.3 Å². The third kappa shape index (κ3) is 5.28. The quantitative estimate of drug-likeness (QED) is 0.165. The van der Waals surface area contributed by atoms with E-state index in [2.05, 4.69) is 277 Å². The number of rotatable bonds is 6. The molecule has 358 valence electrons. The molecule has 0 radical (unpaired) electrons. The highest BCUT2D eigenvalue weighted by atomic mass is 15.2. The highest BCUT2D eigenvalue weighted by molar-refractivity contribution is 6.31. The van der Waals surface area contributed by atoms with Crippen LogP contribution in [0.3, 0.4) is 0 Å². The molecule has 0 unspecified atom stereocenters. The molecular weight excluding hydrogens is 921 g/mol. The Balaban J connectivity index is 0.881. The van der Waals surface area contributed by atoms with Gasteiger partial charge in [0.25, 0.3) is 0 Å². The smallest absolute Gasteiger partial charge is 0.0621 e. The van der Waals surface area contributed by atoms with E-state index in [1.54, 1.807) is 0 Å². The molecule has 76 heavy (non-hydrogen) atoms. The molecule has 0 spiro atoms. The van der Waals surface area contributed by atoms with Crippen LogP contribution in [0.2, 0.25) is 0 Å². The van der Waals surface area contributed by atoms with Crippen LogP contribution in [-0.2, 0) is 10.8 Å². The summed E-state index contributed by atoms with van der Waals surface area (Å²) >= 11 is 0. The minimum atomic E-state index is -0.123. The number of nitrogens with zero attached hydrogens (tertiary/aromatic N) is 4. The van der Waals surface area contributed by atoms with E-state index < -0.39 is 0 Å². The molecule has 4 heterocycles. The molecule has 17 rings (SSSR count). The Morgan fingerprint density at radius 2 is 0.697 bits per heavy atom. The van der Waals surface area contributed by atoms with Gasteiger partial charge in [-0.1, -0.05) is 173 Å². The Kier molecular flexibility index (Phi) is 8.12. The second kappa shape index (κ2) is 14.7. The van der Waals surface area contributed by atoms with Gasteiger partial charge in [0.1, 0.15) is 0 Å². The highest BCUT2D eigenvalue weighted by Crippen LogP contribution is 2.55. The van der Waals surface area contributed by atoms with Crippen LogP contribution < -0.4 is 9.80 Å². The van der Waals surface area contributed by atoms with Crippen molar-refractivity contribution in [2.45, 2.75) is 38.5 Å². The van der Waals surface area contributed by atoms with Crippen LogP contribution in [0.4, 0.5) is 34.1 Å². The predicted octanol–water partition coefficient (Wildman–Crippen LogP) is 19.5. The van der Waals surface area contributed by atoms with Crippen molar-refractivity contribution >= 4 is 110 Å². The summed E-state index contributed by atoms with van der Waals surface area (Å²) in [5.41, 5.74) is 24.9. The van der Waals surface area contributed by atoms with Crippen molar-refractivity contribution in [3.63, 3.8) is 0 Å². The number of hydrogen-bond donors (Lipinski definition) is 0. The van der Waals surface area contributed by atoms with E-state index in [0.717, 1.165) is 22.7 Å². The highest BCUT2D eigenvalue weighted by Gasteiger charge is 2.38. The standard InChI is InChI=1S/C72H50N4/c1-71(2)58-30-14-12-24-48(58)54-39-45(36-38-59(54)71)73(43-19-7-5-8-20-43)61-31-17-33-63-67(61)52-27-15-25-50-55-42-66-56(41-65(55)75(63)69(50)52)51-26-16-28-53-68-62(32-18-34-64(68)76(66)70(51)53)74(44-21-9-6-10-22-44)46-35-37-49-47-23-11-13-29-57(47)72(3,4)60(49)40-46/h5-42H,1-4H3. The number of fused-ring (bicyclic) bond motifs is 18. The van der Waals surface area contributed by atoms with Crippen LogP contribution in [0.1, 0.15) is 49.9 Å². The number of benzene rings is 11. The molecule has 4 aromatic heterocycles. The summed E-state index contributed by atoms with van der Waals surface area (Å²) in [5.74, 6) is 0. The second-order valence-corrected chi connectivity index (χ2v) is 22.4. The van der Waals surface area contributed by atoms with E-state index in [9.17, 15) is 0 Å². The van der Waals surface area contributed by atoms with Crippen LogP contribution in [0.15, 0.2) is 231 Å². The van der Waals surface area contributed by atoms with Gasteiger partial charge in [-0.2, -0.15) is 0 Å². The third-order valence-electron chi connectivity index (χ3n) is 17.9. The third-order valence-corrected chi connectivity index (χ3v) is 17.9. The van der Waals surface area contributed by atoms with Gasteiger partial charge in [-0.3, -0.25) is 0 Å². The van der Waals surface area contributed by atoms with E-state index in [4.69, 9.17) is 0 Å². The molecule has 0 bridgehead atoms. The SMILES string of the molecule is CC1(C)c2ccccc2-c2cc(N(c3ccccc3)c3cccc4c3c3cccc5c6cc7c(cc6n4c53)c3cccc4c5c(N(c6ccccc6)c6ccc8c(c6)C(C)(C)c6ccccc6-8)cccc5n7c34)ccc21. The maximum Gasteiger partial charge on any atom is 0.0621 e. The fourth-order valence-corrected chi connectivity index (χ4v) is 14.6. The van der Waals surface area contributed by atoms with Crippen LogP contribution in [0.25, 0.3) is 98.4 Å². The minimum Gasteiger partial charge on any atom is -0.310 e. The van der Waals surface area contributed by atoms with Gasteiger partial charge >= 0.3 is 0 Å². The molecular formula is C72H50N4. The molecule has 0 fully saturated rings. The number of anilines is 6. The zero-order valence-corrected chi connectivity index (χ0v) is 42.7. The molecule has 0 saturated heterocycles. The average molecular weight is 971 g/mol. The van der Waals surface area contributed by atoms with Gasteiger partial charge in [0, 0.05) is 76.7 Å². The zero-order valence-electron chi connectivity index (χ0n) is 42.7. The van der Waals surface area contributed by atoms with Crippen molar-refractivity contribution < 1.29 is 0 Å². The number of aromatic nitrogens is 2. The molecule has 2 aliphatic rings. The molecule has 0 N–H and O–H groups in total. The lowest BCUT2D eigenvalue weighted by Crippen LogP contribution is -2.16. The van der Waals surface area contributed by atoms with Crippen LogP contribution in [0.5, 0.6) is 0 Å². The molecule has 15 aromatic rings. The second-order valence-electron chi connectivity index (χ2n) is 22.4. The van der Waals surface area contributed by atoms with E-state index in [-0.39, 0.29) is 10.8 Å². The first kappa shape index (κ1) is 42.0. The Bertz CT molecular complexity index is 4940. The average Bonchev–Trinajstić information content (AvgIpc) is 4.42. The molecule has 0 aliphatic heterocycles. The lowest BCUT2D eigenvalue weighted by atomic mass is 9.82. The fourth-order valence-electron chi connectivity index (χ4n) is 14.6. The number of hydrogen-bond acceptors (Lipinski definition) is 2. The summed E-state index contributed by atoms with van der Waals surface area (Å²) in [6, 6.07) is 86.6. The van der Waals surface area contributed by atoms with Gasteiger partial charge in [-0.15, -0.1) is 0 Å².